The van der Waals surface area contributed by atoms with Crippen molar-refractivity contribution in [3.05, 3.63) is 18.0 Å². The van der Waals surface area contributed by atoms with Crippen LogP contribution in [0.5, 0.6) is 0 Å². The number of nitrogens with zero attached hydrogens (tertiary/aromatic N) is 3. The minimum absolute atomic E-state index is 0.0117. The molecule has 0 amide bonds. The number of anilines is 1. The molecule has 0 aliphatic heterocycles. The summed E-state index contributed by atoms with van der Waals surface area (Å²) in [4.78, 5) is 9.57. The zero-order valence-corrected chi connectivity index (χ0v) is 12.3. The fourth-order valence-corrected chi connectivity index (χ4v) is 1.40. The van der Waals surface area contributed by atoms with Crippen LogP contribution in [0.1, 0.15) is 32.8 Å². The SMILES string of the molecule is CN(CCC(F)(F)F)c1ncc(CNC(C)(C)C)cn1. The number of alkyl halides is 3. The van der Waals surface area contributed by atoms with Gasteiger partial charge in [0.25, 0.3) is 0 Å². The predicted molar refractivity (Wildman–Crippen MR) is 72.6 cm³/mol. The molecule has 1 heterocycles. The van der Waals surface area contributed by atoms with E-state index in [9.17, 15) is 13.2 Å². The molecule has 0 fully saturated rings. The molecule has 0 atom stereocenters. The van der Waals surface area contributed by atoms with Gasteiger partial charge in [-0.25, -0.2) is 9.97 Å². The summed E-state index contributed by atoms with van der Waals surface area (Å²) in [7, 11) is 1.55. The van der Waals surface area contributed by atoms with Crippen molar-refractivity contribution in [2.24, 2.45) is 0 Å². The number of rotatable bonds is 5. The van der Waals surface area contributed by atoms with E-state index in [-0.39, 0.29) is 12.1 Å². The van der Waals surface area contributed by atoms with E-state index in [1.807, 2.05) is 20.8 Å². The topological polar surface area (TPSA) is 41.1 Å². The third kappa shape index (κ3) is 6.70. The van der Waals surface area contributed by atoms with Gasteiger partial charge in [-0.15, -0.1) is 0 Å². The average molecular weight is 290 g/mol. The number of nitrogens with one attached hydrogen (secondary N) is 1. The van der Waals surface area contributed by atoms with Crippen molar-refractivity contribution in [3.8, 4) is 0 Å². The number of aromatic nitrogens is 2. The third-order valence-corrected chi connectivity index (χ3v) is 2.59. The van der Waals surface area contributed by atoms with Crippen molar-refractivity contribution in [1.82, 2.24) is 15.3 Å². The Hall–Kier alpha value is -1.37. The summed E-state index contributed by atoms with van der Waals surface area (Å²) < 4.78 is 36.4. The van der Waals surface area contributed by atoms with Crippen LogP contribution < -0.4 is 10.2 Å². The molecule has 0 saturated heterocycles. The number of hydrogen-bond acceptors (Lipinski definition) is 4. The van der Waals surface area contributed by atoms with Crippen molar-refractivity contribution >= 4 is 5.95 Å². The van der Waals surface area contributed by atoms with Crippen LogP contribution >= 0.6 is 0 Å². The normalized spacial score (nSPS) is 12.6. The Balaban J connectivity index is 2.53. The van der Waals surface area contributed by atoms with E-state index >= 15 is 0 Å². The van der Waals surface area contributed by atoms with Crippen molar-refractivity contribution in [1.29, 1.82) is 0 Å². The Bertz CT molecular complexity index is 409. The highest BCUT2D eigenvalue weighted by molar-refractivity contribution is 5.28. The molecule has 0 radical (unpaired) electrons. The molecule has 0 aliphatic carbocycles. The maximum absolute atomic E-state index is 12.1. The Morgan fingerprint density at radius 3 is 2.15 bits per heavy atom. The largest absolute Gasteiger partial charge is 0.390 e. The molecule has 1 aromatic heterocycles. The molecule has 0 aromatic carbocycles. The fourth-order valence-electron chi connectivity index (χ4n) is 1.40. The molecule has 0 unspecified atom stereocenters. The van der Waals surface area contributed by atoms with Gasteiger partial charge < -0.3 is 10.2 Å². The zero-order chi connectivity index (χ0) is 15.4. The lowest BCUT2D eigenvalue weighted by Gasteiger charge is -2.21. The minimum Gasteiger partial charge on any atom is -0.344 e. The van der Waals surface area contributed by atoms with Gasteiger partial charge in [-0.2, -0.15) is 13.2 Å². The van der Waals surface area contributed by atoms with Crippen LogP contribution in [0.2, 0.25) is 0 Å². The van der Waals surface area contributed by atoms with Gasteiger partial charge in [-0.3, -0.25) is 0 Å². The Kier molecular flexibility index (Phi) is 5.33. The highest BCUT2D eigenvalue weighted by atomic mass is 19.4. The van der Waals surface area contributed by atoms with Gasteiger partial charge in [0, 0.05) is 43.6 Å². The molecular weight excluding hydrogens is 269 g/mol. The van der Waals surface area contributed by atoms with E-state index in [4.69, 9.17) is 0 Å². The van der Waals surface area contributed by atoms with Crippen LogP contribution in [-0.4, -0.2) is 35.3 Å². The van der Waals surface area contributed by atoms with Crippen molar-refractivity contribution in [2.45, 2.75) is 45.5 Å². The van der Waals surface area contributed by atoms with E-state index in [0.29, 0.717) is 12.5 Å². The summed E-state index contributed by atoms with van der Waals surface area (Å²) >= 11 is 0. The maximum atomic E-state index is 12.1. The smallest absolute Gasteiger partial charge is 0.344 e. The maximum Gasteiger partial charge on any atom is 0.390 e. The van der Waals surface area contributed by atoms with Crippen LogP contribution in [0.15, 0.2) is 12.4 Å². The Morgan fingerprint density at radius 1 is 1.15 bits per heavy atom. The summed E-state index contributed by atoms with van der Waals surface area (Å²) in [6.45, 7) is 6.62. The van der Waals surface area contributed by atoms with Gasteiger partial charge in [-0.1, -0.05) is 0 Å². The lowest BCUT2D eigenvalue weighted by molar-refractivity contribution is -0.132. The first-order chi connectivity index (χ1) is 9.07. The lowest BCUT2D eigenvalue weighted by atomic mass is 10.1. The third-order valence-electron chi connectivity index (χ3n) is 2.59. The summed E-state index contributed by atoms with van der Waals surface area (Å²) in [5.74, 6) is 0.300. The minimum atomic E-state index is -4.16. The average Bonchev–Trinajstić information content (AvgIpc) is 2.32. The van der Waals surface area contributed by atoms with Gasteiger partial charge in [0.1, 0.15) is 0 Å². The van der Waals surface area contributed by atoms with Crippen LogP contribution in [-0.2, 0) is 6.54 Å². The van der Waals surface area contributed by atoms with Gasteiger partial charge in [-0.05, 0) is 20.8 Å². The second-order valence-electron chi connectivity index (χ2n) is 5.78. The molecule has 0 bridgehead atoms. The number of halogens is 3. The molecule has 4 nitrogen and oxygen atoms in total. The molecule has 1 aromatic rings. The molecular formula is C13H21F3N4. The fraction of sp³-hybridized carbons (Fsp3) is 0.692. The first-order valence-corrected chi connectivity index (χ1v) is 6.41. The van der Waals surface area contributed by atoms with Crippen LogP contribution in [0.4, 0.5) is 19.1 Å². The molecule has 7 heteroatoms. The Morgan fingerprint density at radius 2 is 1.70 bits per heavy atom. The first kappa shape index (κ1) is 16.7. The first-order valence-electron chi connectivity index (χ1n) is 6.41. The molecule has 20 heavy (non-hydrogen) atoms. The van der Waals surface area contributed by atoms with Gasteiger partial charge >= 0.3 is 6.18 Å². The molecule has 0 saturated carbocycles. The highest BCUT2D eigenvalue weighted by Crippen LogP contribution is 2.20. The summed E-state index contributed by atoms with van der Waals surface area (Å²) in [5, 5.41) is 3.29. The van der Waals surface area contributed by atoms with Gasteiger partial charge in [0.15, 0.2) is 0 Å². The summed E-state index contributed by atoms with van der Waals surface area (Å²) in [6, 6.07) is 0. The second kappa shape index (κ2) is 6.39. The molecule has 1 rings (SSSR count). The van der Waals surface area contributed by atoms with Crippen molar-refractivity contribution < 1.29 is 13.2 Å². The van der Waals surface area contributed by atoms with Crippen LogP contribution in [0.3, 0.4) is 0 Å². The molecule has 114 valence electrons. The molecule has 0 aliphatic rings. The second-order valence-corrected chi connectivity index (χ2v) is 5.78. The van der Waals surface area contributed by atoms with E-state index in [1.54, 1.807) is 19.4 Å². The molecule has 1 N–H and O–H groups in total. The highest BCUT2D eigenvalue weighted by Gasteiger charge is 2.27. The molecule has 0 spiro atoms. The van der Waals surface area contributed by atoms with Gasteiger partial charge in [0.2, 0.25) is 5.95 Å². The number of hydrogen-bond donors (Lipinski definition) is 1. The van der Waals surface area contributed by atoms with Crippen molar-refractivity contribution in [2.75, 3.05) is 18.5 Å². The standard InChI is InChI=1S/C13H21F3N4/c1-12(2,3)19-9-10-7-17-11(18-8-10)20(4)6-5-13(14,15)16/h7-8,19H,5-6,9H2,1-4H3. The van der Waals surface area contributed by atoms with Crippen LogP contribution in [0.25, 0.3) is 0 Å². The van der Waals surface area contributed by atoms with E-state index in [0.717, 1.165) is 5.56 Å². The quantitative estimate of drug-likeness (QED) is 0.905. The monoisotopic (exact) mass is 290 g/mol. The van der Waals surface area contributed by atoms with Crippen LogP contribution in [0, 0.1) is 0 Å². The lowest BCUT2D eigenvalue weighted by Crippen LogP contribution is -2.35. The summed E-state index contributed by atoms with van der Waals surface area (Å²) in [5.41, 5.74) is 0.884. The van der Waals surface area contributed by atoms with Gasteiger partial charge in [0.05, 0.1) is 6.42 Å². The predicted octanol–water partition coefficient (Wildman–Crippen LogP) is 2.75. The van der Waals surface area contributed by atoms with E-state index < -0.39 is 12.6 Å². The zero-order valence-electron chi connectivity index (χ0n) is 12.3. The summed E-state index contributed by atoms with van der Waals surface area (Å²) in [6.07, 6.45) is -1.78. The Labute approximate surface area is 117 Å². The van der Waals surface area contributed by atoms with E-state index in [2.05, 4.69) is 15.3 Å². The van der Waals surface area contributed by atoms with E-state index in [1.165, 1.54) is 4.90 Å². The van der Waals surface area contributed by atoms with Crippen molar-refractivity contribution in [3.63, 3.8) is 0 Å².